The molecular formula is C22H24N4O. The van der Waals surface area contributed by atoms with Crippen LogP contribution >= 0.6 is 0 Å². The Morgan fingerprint density at radius 1 is 0.852 bits per heavy atom. The zero-order chi connectivity index (χ0) is 19.1. The number of nitrogens with zero attached hydrogens (tertiary/aromatic N) is 4. The van der Waals surface area contributed by atoms with Crippen LogP contribution in [0.5, 0.6) is 0 Å². The van der Waals surface area contributed by atoms with Gasteiger partial charge in [0.25, 0.3) is 5.91 Å². The van der Waals surface area contributed by atoms with E-state index in [1.54, 1.807) is 17.3 Å². The SMILES string of the molecule is CCN(Cc1ccccc1)C(=O)c1cnc(N(C)Cc2ccccc2)nc1. The van der Waals surface area contributed by atoms with Gasteiger partial charge >= 0.3 is 0 Å². The molecule has 0 aliphatic carbocycles. The first-order valence-corrected chi connectivity index (χ1v) is 9.07. The van der Waals surface area contributed by atoms with Crippen molar-refractivity contribution in [2.45, 2.75) is 20.0 Å². The number of hydrogen-bond acceptors (Lipinski definition) is 4. The lowest BCUT2D eigenvalue weighted by atomic mass is 10.2. The third kappa shape index (κ3) is 4.91. The number of carbonyl (C=O) groups excluding carboxylic acids is 1. The fraction of sp³-hybridized carbons (Fsp3) is 0.227. The maximum Gasteiger partial charge on any atom is 0.257 e. The highest BCUT2D eigenvalue weighted by Gasteiger charge is 2.16. The molecule has 27 heavy (non-hydrogen) atoms. The van der Waals surface area contributed by atoms with Crippen LogP contribution in [0, 0.1) is 0 Å². The van der Waals surface area contributed by atoms with E-state index >= 15 is 0 Å². The zero-order valence-electron chi connectivity index (χ0n) is 15.7. The highest BCUT2D eigenvalue weighted by Crippen LogP contribution is 2.13. The summed E-state index contributed by atoms with van der Waals surface area (Å²) in [5.74, 6) is 0.542. The Morgan fingerprint density at radius 2 is 1.37 bits per heavy atom. The molecule has 1 aromatic heterocycles. The Labute approximate surface area is 160 Å². The van der Waals surface area contributed by atoms with E-state index in [2.05, 4.69) is 22.1 Å². The Morgan fingerprint density at radius 3 is 1.89 bits per heavy atom. The first-order chi connectivity index (χ1) is 13.2. The molecule has 5 heteroatoms. The summed E-state index contributed by atoms with van der Waals surface area (Å²) in [5.41, 5.74) is 2.79. The molecule has 0 N–H and O–H groups in total. The van der Waals surface area contributed by atoms with Gasteiger partial charge in [-0.05, 0) is 18.1 Å². The molecule has 0 unspecified atom stereocenters. The molecule has 3 rings (SSSR count). The molecule has 0 spiro atoms. The second-order valence-electron chi connectivity index (χ2n) is 6.42. The van der Waals surface area contributed by atoms with Crippen molar-refractivity contribution in [2.24, 2.45) is 0 Å². The fourth-order valence-corrected chi connectivity index (χ4v) is 2.87. The standard InChI is InChI=1S/C22H24N4O/c1-3-26(17-19-12-8-5-9-13-19)21(27)20-14-23-22(24-15-20)25(2)16-18-10-6-4-7-11-18/h4-15H,3,16-17H2,1-2H3. The molecule has 0 radical (unpaired) electrons. The average molecular weight is 360 g/mol. The van der Waals surface area contributed by atoms with Gasteiger partial charge < -0.3 is 9.80 Å². The van der Waals surface area contributed by atoms with Crippen molar-refractivity contribution in [1.82, 2.24) is 14.9 Å². The van der Waals surface area contributed by atoms with Crippen LogP contribution in [0.25, 0.3) is 0 Å². The number of carbonyl (C=O) groups is 1. The monoisotopic (exact) mass is 360 g/mol. The Bertz CT molecular complexity index is 851. The average Bonchev–Trinajstić information content (AvgIpc) is 2.73. The van der Waals surface area contributed by atoms with E-state index in [1.165, 1.54) is 5.56 Å². The van der Waals surface area contributed by atoms with Crippen LogP contribution in [0.1, 0.15) is 28.4 Å². The lowest BCUT2D eigenvalue weighted by Gasteiger charge is -2.21. The van der Waals surface area contributed by atoms with Crippen LogP contribution in [-0.4, -0.2) is 34.4 Å². The van der Waals surface area contributed by atoms with E-state index in [0.717, 1.165) is 5.56 Å². The van der Waals surface area contributed by atoms with E-state index in [9.17, 15) is 4.79 Å². The van der Waals surface area contributed by atoms with Gasteiger partial charge in [0.05, 0.1) is 5.56 Å². The molecule has 5 nitrogen and oxygen atoms in total. The van der Waals surface area contributed by atoms with E-state index in [1.807, 2.05) is 67.4 Å². The molecule has 0 saturated carbocycles. The van der Waals surface area contributed by atoms with Crippen LogP contribution in [-0.2, 0) is 13.1 Å². The predicted octanol–water partition coefficient (Wildman–Crippen LogP) is 3.78. The van der Waals surface area contributed by atoms with E-state index in [-0.39, 0.29) is 5.91 Å². The smallest absolute Gasteiger partial charge is 0.257 e. The van der Waals surface area contributed by atoms with Crippen molar-refractivity contribution in [3.05, 3.63) is 89.7 Å². The van der Waals surface area contributed by atoms with Crippen molar-refractivity contribution in [2.75, 3.05) is 18.5 Å². The van der Waals surface area contributed by atoms with Crippen LogP contribution in [0.4, 0.5) is 5.95 Å². The third-order valence-corrected chi connectivity index (χ3v) is 4.37. The number of benzene rings is 2. The number of rotatable bonds is 7. The van der Waals surface area contributed by atoms with Gasteiger partial charge in [0.1, 0.15) is 0 Å². The third-order valence-electron chi connectivity index (χ3n) is 4.37. The Balaban J connectivity index is 1.67. The van der Waals surface area contributed by atoms with Gasteiger partial charge in [0.2, 0.25) is 5.95 Å². The summed E-state index contributed by atoms with van der Waals surface area (Å²) in [5, 5.41) is 0. The second kappa shape index (κ2) is 8.94. The van der Waals surface area contributed by atoms with Crippen molar-refractivity contribution >= 4 is 11.9 Å². The van der Waals surface area contributed by atoms with Gasteiger partial charge in [-0.1, -0.05) is 60.7 Å². The minimum atomic E-state index is -0.0568. The molecule has 0 fully saturated rings. The number of aromatic nitrogens is 2. The minimum Gasteiger partial charge on any atom is -0.340 e. The summed E-state index contributed by atoms with van der Waals surface area (Å²) in [6, 6.07) is 20.1. The molecule has 138 valence electrons. The fourth-order valence-electron chi connectivity index (χ4n) is 2.87. The molecular weight excluding hydrogens is 336 g/mol. The largest absolute Gasteiger partial charge is 0.340 e. The van der Waals surface area contributed by atoms with Gasteiger partial charge in [-0.2, -0.15) is 0 Å². The van der Waals surface area contributed by atoms with Gasteiger partial charge in [-0.15, -0.1) is 0 Å². The lowest BCUT2D eigenvalue weighted by molar-refractivity contribution is 0.0751. The normalized spacial score (nSPS) is 10.4. The molecule has 3 aromatic rings. The van der Waals surface area contributed by atoms with Gasteiger partial charge in [0.15, 0.2) is 0 Å². The number of hydrogen-bond donors (Lipinski definition) is 0. The molecule has 0 bridgehead atoms. The zero-order valence-corrected chi connectivity index (χ0v) is 15.7. The molecule has 1 amide bonds. The first kappa shape index (κ1) is 18.6. The highest BCUT2D eigenvalue weighted by atomic mass is 16.2. The summed E-state index contributed by atoms with van der Waals surface area (Å²) in [6.07, 6.45) is 3.22. The van der Waals surface area contributed by atoms with Crippen LogP contribution in [0.2, 0.25) is 0 Å². The number of anilines is 1. The summed E-state index contributed by atoms with van der Waals surface area (Å²) < 4.78 is 0. The maximum absolute atomic E-state index is 12.8. The summed E-state index contributed by atoms with van der Waals surface area (Å²) in [6.45, 7) is 3.89. The second-order valence-corrected chi connectivity index (χ2v) is 6.42. The predicted molar refractivity (Wildman–Crippen MR) is 107 cm³/mol. The molecule has 0 aliphatic rings. The molecule has 0 aliphatic heterocycles. The molecule has 0 atom stereocenters. The maximum atomic E-state index is 12.8. The van der Waals surface area contributed by atoms with Crippen molar-refractivity contribution in [1.29, 1.82) is 0 Å². The van der Waals surface area contributed by atoms with Gasteiger partial charge in [0, 0.05) is 39.1 Å². The lowest BCUT2D eigenvalue weighted by Crippen LogP contribution is -2.30. The van der Waals surface area contributed by atoms with Gasteiger partial charge in [-0.25, -0.2) is 9.97 Å². The van der Waals surface area contributed by atoms with Crippen molar-refractivity contribution in [3.63, 3.8) is 0 Å². The Kier molecular flexibility index (Phi) is 6.15. The molecule has 2 aromatic carbocycles. The summed E-state index contributed by atoms with van der Waals surface area (Å²) >= 11 is 0. The quantitative estimate of drug-likeness (QED) is 0.643. The Hall–Kier alpha value is -3.21. The van der Waals surface area contributed by atoms with Crippen molar-refractivity contribution in [3.8, 4) is 0 Å². The van der Waals surface area contributed by atoms with E-state index in [0.29, 0.717) is 31.1 Å². The van der Waals surface area contributed by atoms with Gasteiger partial charge in [-0.3, -0.25) is 4.79 Å². The molecule has 0 saturated heterocycles. The van der Waals surface area contributed by atoms with Crippen LogP contribution < -0.4 is 4.90 Å². The highest BCUT2D eigenvalue weighted by molar-refractivity contribution is 5.93. The van der Waals surface area contributed by atoms with Crippen LogP contribution in [0.3, 0.4) is 0 Å². The van der Waals surface area contributed by atoms with E-state index < -0.39 is 0 Å². The van der Waals surface area contributed by atoms with E-state index in [4.69, 9.17) is 0 Å². The first-order valence-electron chi connectivity index (χ1n) is 9.07. The van der Waals surface area contributed by atoms with Crippen LogP contribution in [0.15, 0.2) is 73.1 Å². The topological polar surface area (TPSA) is 49.3 Å². The molecule has 1 heterocycles. The summed E-state index contributed by atoms with van der Waals surface area (Å²) in [7, 11) is 1.94. The number of amides is 1. The minimum absolute atomic E-state index is 0.0568. The van der Waals surface area contributed by atoms with Crippen molar-refractivity contribution < 1.29 is 4.79 Å². The summed E-state index contributed by atoms with van der Waals surface area (Å²) in [4.78, 5) is 25.3.